The van der Waals surface area contributed by atoms with Gasteiger partial charge in [-0.3, -0.25) is 0 Å². The number of hydrogen-bond acceptors (Lipinski definition) is 0. The van der Waals surface area contributed by atoms with Crippen LogP contribution in [0.15, 0.2) is 0 Å². The van der Waals surface area contributed by atoms with Gasteiger partial charge < -0.3 is 0 Å². The Bertz CT molecular complexity index is 114. The molecule has 0 N–H and O–H groups in total. The van der Waals surface area contributed by atoms with E-state index in [0.29, 0.717) is 5.92 Å². The van der Waals surface area contributed by atoms with Gasteiger partial charge in [-0.1, -0.05) is 27.7 Å². The molecule has 0 nitrogen and oxygen atoms in total. The first-order chi connectivity index (χ1) is 5.33. The van der Waals surface area contributed by atoms with Gasteiger partial charge in [-0.2, -0.15) is 0 Å². The normalized spacial score (nSPS) is 17.0. The van der Waals surface area contributed by atoms with Crippen molar-refractivity contribution in [2.75, 3.05) is 0 Å². The summed E-state index contributed by atoms with van der Waals surface area (Å²) in [5, 5.41) is 0. The monoisotopic (exact) mass is 190 g/mol. The van der Waals surface area contributed by atoms with Crippen LogP contribution in [0.3, 0.4) is 0 Å². The highest BCUT2D eigenvalue weighted by Gasteiger charge is 2.21. The molecule has 74 valence electrons. The zero-order valence-electron chi connectivity index (χ0n) is 9.15. The van der Waals surface area contributed by atoms with E-state index in [2.05, 4.69) is 34.6 Å². The Morgan fingerprint density at radius 1 is 1.08 bits per heavy atom. The molecule has 0 aromatic rings. The van der Waals surface area contributed by atoms with E-state index in [1.165, 1.54) is 6.42 Å². The Labute approximate surface area is 82.7 Å². The topological polar surface area (TPSA) is 0 Å². The second-order valence-corrected chi connectivity index (χ2v) is 5.86. The summed E-state index contributed by atoms with van der Waals surface area (Å²) in [6.07, 6.45) is 3.51. The molecule has 0 amide bonds. The average Bonchev–Trinajstić information content (AvgIpc) is 1.81. The summed E-state index contributed by atoms with van der Waals surface area (Å²) in [6, 6.07) is 0. The molecule has 0 fully saturated rings. The highest BCUT2D eigenvalue weighted by molar-refractivity contribution is 6.23. The minimum Gasteiger partial charge on any atom is -0.120 e. The van der Waals surface area contributed by atoms with E-state index in [1.807, 2.05) is 0 Å². The molecule has 0 heterocycles. The van der Waals surface area contributed by atoms with Crippen LogP contribution >= 0.6 is 11.6 Å². The van der Waals surface area contributed by atoms with Crippen molar-refractivity contribution in [2.24, 2.45) is 11.8 Å². The lowest BCUT2D eigenvalue weighted by Gasteiger charge is -2.24. The van der Waals surface area contributed by atoms with Crippen molar-refractivity contribution in [1.82, 2.24) is 0 Å². The summed E-state index contributed by atoms with van der Waals surface area (Å²) < 4.78 is 0. The zero-order valence-corrected chi connectivity index (χ0v) is 9.91. The van der Waals surface area contributed by atoms with Crippen LogP contribution in [0.5, 0.6) is 0 Å². The molecule has 0 radical (unpaired) electrons. The van der Waals surface area contributed by atoms with Gasteiger partial charge in [0.1, 0.15) is 0 Å². The van der Waals surface area contributed by atoms with E-state index in [4.69, 9.17) is 11.6 Å². The first kappa shape index (κ1) is 12.3. The number of rotatable bonds is 5. The van der Waals surface area contributed by atoms with Crippen molar-refractivity contribution in [3.63, 3.8) is 0 Å². The molecule has 12 heavy (non-hydrogen) atoms. The lowest BCUT2D eigenvalue weighted by molar-refractivity contribution is 0.407. The van der Waals surface area contributed by atoms with Crippen molar-refractivity contribution >= 4 is 11.6 Å². The lowest BCUT2D eigenvalue weighted by atomic mass is 9.91. The molecule has 0 aromatic carbocycles. The van der Waals surface area contributed by atoms with Crippen molar-refractivity contribution in [2.45, 2.75) is 58.8 Å². The average molecular weight is 191 g/mol. The standard InChI is InChI=1S/C11H23Cl/c1-9(2)6-7-11(5,12)8-10(3)4/h9-10H,6-8H2,1-5H3. The SMILES string of the molecule is CC(C)CCC(C)(Cl)CC(C)C. The molecule has 0 bridgehead atoms. The van der Waals surface area contributed by atoms with Crippen molar-refractivity contribution in [1.29, 1.82) is 0 Å². The molecule has 0 saturated heterocycles. The van der Waals surface area contributed by atoms with Gasteiger partial charge >= 0.3 is 0 Å². The summed E-state index contributed by atoms with van der Waals surface area (Å²) >= 11 is 6.38. The molecule has 0 aromatic heterocycles. The largest absolute Gasteiger partial charge is 0.120 e. The Morgan fingerprint density at radius 3 is 1.92 bits per heavy atom. The van der Waals surface area contributed by atoms with E-state index in [0.717, 1.165) is 18.8 Å². The fourth-order valence-corrected chi connectivity index (χ4v) is 1.96. The van der Waals surface area contributed by atoms with Gasteiger partial charge in [0, 0.05) is 4.87 Å². The van der Waals surface area contributed by atoms with Gasteiger partial charge in [0.25, 0.3) is 0 Å². The van der Waals surface area contributed by atoms with Crippen LogP contribution in [0.25, 0.3) is 0 Å². The number of hydrogen-bond donors (Lipinski definition) is 0. The minimum absolute atomic E-state index is 0.0262. The van der Waals surface area contributed by atoms with E-state index in [1.54, 1.807) is 0 Å². The maximum atomic E-state index is 6.38. The molecule has 1 heteroatoms. The molecule has 0 aliphatic heterocycles. The fraction of sp³-hybridized carbons (Fsp3) is 1.00. The maximum absolute atomic E-state index is 6.38. The third-order valence-corrected chi connectivity index (χ3v) is 2.42. The van der Waals surface area contributed by atoms with E-state index >= 15 is 0 Å². The quantitative estimate of drug-likeness (QED) is 0.562. The Morgan fingerprint density at radius 2 is 1.58 bits per heavy atom. The molecule has 0 aliphatic carbocycles. The summed E-state index contributed by atoms with van der Waals surface area (Å²) in [4.78, 5) is 0.0262. The van der Waals surface area contributed by atoms with Gasteiger partial charge in [0.2, 0.25) is 0 Å². The van der Waals surface area contributed by atoms with Crippen LogP contribution < -0.4 is 0 Å². The Hall–Kier alpha value is 0.290. The van der Waals surface area contributed by atoms with E-state index in [9.17, 15) is 0 Å². The third kappa shape index (κ3) is 6.97. The van der Waals surface area contributed by atoms with Crippen LogP contribution in [-0.4, -0.2) is 4.87 Å². The highest BCUT2D eigenvalue weighted by Crippen LogP contribution is 2.30. The predicted molar refractivity (Wildman–Crippen MR) is 57.8 cm³/mol. The fourth-order valence-electron chi connectivity index (χ4n) is 1.54. The van der Waals surface area contributed by atoms with Gasteiger partial charge in [0.05, 0.1) is 0 Å². The Kier molecular flexibility index (Phi) is 5.24. The third-order valence-electron chi connectivity index (χ3n) is 2.08. The predicted octanol–water partition coefficient (Wildman–Crippen LogP) is 4.47. The lowest BCUT2D eigenvalue weighted by Crippen LogP contribution is -2.19. The number of alkyl halides is 1. The first-order valence-electron chi connectivity index (χ1n) is 5.02. The number of halogens is 1. The summed E-state index contributed by atoms with van der Waals surface area (Å²) in [7, 11) is 0. The van der Waals surface area contributed by atoms with E-state index in [-0.39, 0.29) is 4.87 Å². The van der Waals surface area contributed by atoms with Gasteiger partial charge in [-0.25, -0.2) is 0 Å². The smallest absolute Gasteiger partial charge is 0.0421 e. The second-order valence-electron chi connectivity index (χ2n) is 4.94. The van der Waals surface area contributed by atoms with Crippen LogP contribution in [0.4, 0.5) is 0 Å². The van der Waals surface area contributed by atoms with Crippen LogP contribution in [0, 0.1) is 11.8 Å². The first-order valence-corrected chi connectivity index (χ1v) is 5.40. The van der Waals surface area contributed by atoms with Crippen molar-refractivity contribution in [3.05, 3.63) is 0 Å². The van der Waals surface area contributed by atoms with Crippen LogP contribution in [0.1, 0.15) is 53.9 Å². The zero-order chi connectivity index (χ0) is 9.78. The summed E-state index contributed by atoms with van der Waals surface area (Å²) in [5.74, 6) is 1.48. The van der Waals surface area contributed by atoms with Crippen LogP contribution in [0.2, 0.25) is 0 Å². The molecule has 1 atom stereocenters. The highest BCUT2D eigenvalue weighted by atomic mass is 35.5. The maximum Gasteiger partial charge on any atom is 0.0421 e. The second kappa shape index (κ2) is 5.11. The van der Waals surface area contributed by atoms with Crippen LogP contribution in [-0.2, 0) is 0 Å². The van der Waals surface area contributed by atoms with Gasteiger partial charge in [-0.15, -0.1) is 11.6 Å². The minimum atomic E-state index is 0.0262. The van der Waals surface area contributed by atoms with Crippen molar-refractivity contribution < 1.29 is 0 Å². The Balaban J connectivity index is 3.71. The van der Waals surface area contributed by atoms with Gasteiger partial charge in [-0.05, 0) is 38.0 Å². The molecule has 1 unspecified atom stereocenters. The van der Waals surface area contributed by atoms with E-state index < -0.39 is 0 Å². The molecule has 0 rings (SSSR count). The molecular formula is C11H23Cl. The molecular weight excluding hydrogens is 168 g/mol. The molecule has 0 spiro atoms. The van der Waals surface area contributed by atoms with Gasteiger partial charge in [0.15, 0.2) is 0 Å². The summed E-state index contributed by atoms with van der Waals surface area (Å²) in [5.41, 5.74) is 0. The summed E-state index contributed by atoms with van der Waals surface area (Å²) in [6.45, 7) is 11.1. The van der Waals surface area contributed by atoms with Crippen molar-refractivity contribution in [3.8, 4) is 0 Å². The molecule has 0 saturated carbocycles. The molecule has 0 aliphatic rings.